The average molecular weight is 392 g/mol. The van der Waals surface area contributed by atoms with E-state index in [4.69, 9.17) is 14.2 Å². The highest BCUT2D eigenvalue weighted by Gasteiger charge is 2.94. The molecule has 5 fully saturated rings. The molecule has 2 N–H and O–H groups in total. The zero-order valence-corrected chi connectivity index (χ0v) is 16.3. The van der Waals surface area contributed by atoms with Crippen molar-refractivity contribution in [1.82, 2.24) is 0 Å². The van der Waals surface area contributed by atoms with Gasteiger partial charge in [-0.15, -0.1) is 0 Å². The summed E-state index contributed by atoms with van der Waals surface area (Å²) in [6.45, 7) is 7.51. The lowest BCUT2D eigenvalue weighted by Crippen LogP contribution is -2.57. The SMILES string of the molecule is C/C(C(=O)O)=C1/CCC23[C@H]4C[C@@H](C(C)(C)C)C25[C@@H](OC(=O)[C@@H]5O)O[C@@]13C(=O)O4. The summed E-state index contributed by atoms with van der Waals surface area (Å²) in [5, 5.41) is 20.7. The first-order valence-electron chi connectivity index (χ1n) is 9.67. The second kappa shape index (κ2) is 4.79. The fraction of sp³-hybridized carbons (Fsp3) is 0.750. The highest BCUT2D eigenvalue weighted by Crippen LogP contribution is 2.82. The third-order valence-corrected chi connectivity index (χ3v) is 8.10. The first kappa shape index (κ1) is 18.1. The number of aliphatic hydroxyl groups is 1. The van der Waals surface area contributed by atoms with Crippen LogP contribution in [0, 0.1) is 22.2 Å². The summed E-state index contributed by atoms with van der Waals surface area (Å²) < 4.78 is 17.4. The van der Waals surface area contributed by atoms with Crippen molar-refractivity contribution in [3.8, 4) is 0 Å². The van der Waals surface area contributed by atoms with Crippen molar-refractivity contribution in [1.29, 1.82) is 0 Å². The summed E-state index contributed by atoms with van der Waals surface area (Å²) in [4.78, 5) is 37.3. The van der Waals surface area contributed by atoms with Crippen LogP contribution in [0.2, 0.25) is 0 Å². The van der Waals surface area contributed by atoms with Crippen LogP contribution in [0.3, 0.4) is 0 Å². The third kappa shape index (κ3) is 1.48. The van der Waals surface area contributed by atoms with E-state index in [9.17, 15) is 24.6 Å². The standard InChI is InChI=1S/C20H24O8/c1-8(13(22)23)9-5-6-18-11-7-10(17(2,3)4)19(18)12(21)14(24)27-16(19)28-20(9,18)15(25)26-11/h10-12,16,21H,5-7H2,1-4H3,(H,22,23)/b9-8+/t10-,11+,12-,16-,18?,19?,20+/m0/s1. The molecule has 3 aliphatic heterocycles. The molecule has 2 aliphatic carbocycles. The molecule has 3 heterocycles. The normalized spacial score (nSPS) is 50.2. The monoisotopic (exact) mass is 392 g/mol. The number of rotatable bonds is 1. The van der Waals surface area contributed by atoms with E-state index in [1.165, 1.54) is 6.92 Å². The number of ether oxygens (including phenoxy) is 3. The Morgan fingerprint density at radius 2 is 1.89 bits per heavy atom. The lowest BCUT2D eigenvalue weighted by molar-refractivity contribution is -0.191. The molecule has 0 aromatic heterocycles. The van der Waals surface area contributed by atoms with Crippen molar-refractivity contribution in [2.45, 2.75) is 71.1 Å². The van der Waals surface area contributed by atoms with Crippen LogP contribution in [-0.2, 0) is 28.6 Å². The van der Waals surface area contributed by atoms with Crippen molar-refractivity contribution in [3.05, 3.63) is 11.1 Å². The molecule has 3 saturated heterocycles. The molecule has 2 spiro atoms. The van der Waals surface area contributed by atoms with Crippen LogP contribution in [0.4, 0.5) is 0 Å². The Hall–Kier alpha value is -1.93. The molecule has 28 heavy (non-hydrogen) atoms. The Kier molecular flexibility index (Phi) is 3.10. The molecule has 8 nitrogen and oxygen atoms in total. The molecule has 2 saturated carbocycles. The van der Waals surface area contributed by atoms with Crippen molar-refractivity contribution in [3.63, 3.8) is 0 Å². The fourth-order valence-electron chi connectivity index (χ4n) is 7.28. The minimum Gasteiger partial charge on any atom is -0.478 e. The number of carboxylic acids is 1. The molecule has 5 aliphatic rings. The molecule has 0 radical (unpaired) electrons. The van der Waals surface area contributed by atoms with Gasteiger partial charge in [0.1, 0.15) is 6.10 Å². The van der Waals surface area contributed by atoms with Crippen LogP contribution >= 0.6 is 0 Å². The minimum atomic E-state index is -1.62. The first-order valence-corrected chi connectivity index (χ1v) is 9.67. The second-order valence-electron chi connectivity index (χ2n) is 9.83. The van der Waals surface area contributed by atoms with Crippen molar-refractivity contribution in [2.75, 3.05) is 0 Å². The van der Waals surface area contributed by atoms with Crippen molar-refractivity contribution < 1.29 is 38.8 Å². The van der Waals surface area contributed by atoms with Crippen LogP contribution in [0.25, 0.3) is 0 Å². The van der Waals surface area contributed by atoms with E-state index in [1.807, 2.05) is 20.8 Å². The van der Waals surface area contributed by atoms with Crippen LogP contribution in [0.1, 0.15) is 47.0 Å². The predicted molar refractivity (Wildman–Crippen MR) is 91.6 cm³/mol. The predicted octanol–water partition coefficient (Wildman–Crippen LogP) is 1.16. The Balaban J connectivity index is 1.84. The van der Waals surface area contributed by atoms with Gasteiger partial charge in [0.15, 0.2) is 6.10 Å². The molecule has 0 amide bonds. The summed E-state index contributed by atoms with van der Waals surface area (Å²) >= 11 is 0. The maximum Gasteiger partial charge on any atom is 0.344 e. The first-order chi connectivity index (χ1) is 13.0. The third-order valence-electron chi connectivity index (χ3n) is 8.10. The molecule has 8 heteroatoms. The zero-order valence-electron chi connectivity index (χ0n) is 16.3. The van der Waals surface area contributed by atoms with Gasteiger partial charge in [0.25, 0.3) is 0 Å². The van der Waals surface area contributed by atoms with Crippen molar-refractivity contribution in [2.24, 2.45) is 22.2 Å². The average Bonchev–Trinajstić information content (AvgIpc) is 3.26. The highest BCUT2D eigenvalue weighted by atomic mass is 16.7. The summed E-state index contributed by atoms with van der Waals surface area (Å²) in [5.74, 6) is -2.73. The van der Waals surface area contributed by atoms with Gasteiger partial charge in [-0.25, -0.2) is 14.4 Å². The number of hydrogen-bond acceptors (Lipinski definition) is 7. The Bertz CT molecular complexity index is 868. The largest absolute Gasteiger partial charge is 0.478 e. The number of hydrogen-bond donors (Lipinski definition) is 2. The van der Waals surface area contributed by atoms with E-state index >= 15 is 0 Å². The van der Waals surface area contributed by atoms with E-state index in [2.05, 4.69) is 0 Å². The molecular weight excluding hydrogens is 368 g/mol. The molecule has 0 aromatic carbocycles. The van der Waals surface area contributed by atoms with Gasteiger partial charge in [-0.1, -0.05) is 20.8 Å². The van der Waals surface area contributed by atoms with Crippen LogP contribution in [0.15, 0.2) is 11.1 Å². The van der Waals surface area contributed by atoms with Gasteiger partial charge in [-0.05, 0) is 43.1 Å². The second-order valence-corrected chi connectivity index (χ2v) is 9.83. The Morgan fingerprint density at radius 1 is 1.21 bits per heavy atom. The number of carboxylic acid groups (broad SMARTS) is 1. The Morgan fingerprint density at radius 3 is 2.50 bits per heavy atom. The molecule has 2 unspecified atom stereocenters. The lowest BCUT2D eigenvalue weighted by Gasteiger charge is -2.45. The minimum absolute atomic E-state index is 0.0459. The van der Waals surface area contributed by atoms with Crippen molar-refractivity contribution >= 4 is 17.9 Å². The van der Waals surface area contributed by atoms with Gasteiger partial charge in [-0.2, -0.15) is 0 Å². The molecule has 0 bridgehead atoms. The van der Waals surface area contributed by atoms with Crippen LogP contribution < -0.4 is 0 Å². The molecule has 152 valence electrons. The maximum atomic E-state index is 13.2. The number of esters is 2. The summed E-state index contributed by atoms with van der Waals surface area (Å²) in [6.07, 6.45) is -1.89. The zero-order chi connectivity index (χ0) is 20.4. The summed E-state index contributed by atoms with van der Waals surface area (Å²) in [7, 11) is 0. The number of aliphatic carboxylic acids is 1. The fourth-order valence-corrected chi connectivity index (χ4v) is 7.28. The number of carbonyl (C=O) groups excluding carboxylic acids is 2. The van der Waals surface area contributed by atoms with E-state index in [0.29, 0.717) is 24.8 Å². The molecule has 0 aromatic rings. The quantitative estimate of drug-likeness (QED) is 0.504. The molecule has 7 atom stereocenters. The smallest absolute Gasteiger partial charge is 0.344 e. The van der Waals surface area contributed by atoms with E-state index in [1.54, 1.807) is 0 Å². The van der Waals surface area contributed by atoms with Crippen LogP contribution in [-0.4, -0.2) is 52.2 Å². The number of carbonyl (C=O) groups is 3. The van der Waals surface area contributed by atoms with Gasteiger partial charge in [0.2, 0.25) is 11.9 Å². The topological polar surface area (TPSA) is 119 Å². The van der Waals surface area contributed by atoms with Gasteiger partial charge >= 0.3 is 17.9 Å². The van der Waals surface area contributed by atoms with E-state index in [-0.39, 0.29) is 16.9 Å². The van der Waals surface area contributed by atoms with Crippen LogP contribution in [0.5, 0.6) is 0 Å². The summed E-state index contributed by atoms with van der Waals surface area (Å²) in [5.41, 5.74) is -3.70. The van der Waals surface area contributed by atoms with E-state index in [0.717, 1.165) is 0 Å². The summed E-state index contributed by atoms with van der Waals surface area (Å²) in [6, 6.07) is 0. The number of aliphatic hydroxyl groups excluding tert-OH is 1. The van der Waals surface area contributed by atoms with Gasteiger partial charge < -0.3 is 24.4 Å². The van der Waals surface area contributed by atoms with Gasteiger partial charge in [0, 0.05) is 5.57 Å². The van der Waals surface area contributed by atoms with Gasteiger partial charge in [-0.3, -0.25) is 0 Å². The molecular formula is C20H24O8. The molecule has 5 rings (SSSR count). The van der Waals surface area contributed by atoms with E-state index < -0.39 is 52.8 Å². The maximum absolute atomic E-state index is 13.2. The van der Waals surface area contributed by atoms with Gasteiger partial charge in [0.05, 0.1) is 10.8 Å². The highest BCUT2D eigenvalue weighted by molar-refractivity contribution is 5.96. The lowest BCUT2D eigenvalue weighted by atomic mass is 9.52. The Labute approximate surface area is 161 Å².